The Kier molecular flexibility index (Phi) is 3.87. The molecule has 1 unspecified atom stereocenters. The Morgan fingerprint density at radius 3 is 3.00 bits per heavy atom. The number of hydrogen-bond donors (Lipinski definition) is 1. The first kappa shape index (κ1) is 12.9. The van der Waals surface area contributed by atoms with Gasteiger partial charge in [-0.25, -0.2) is 0 Å². The van der Waals surface area contributed by atoms with E-state index in [4.69, 9.17) is 11.6 Å². The van der Waals surface area contributed by atoms with Gasteiger partial charge >= 0.3 is 0 Å². The summed E-state index contributed by atoms with van der Waals surface area (Å²) in [6, 6.07) is 6.51. The van der Waals surface area contributed by atoms with Crippen molar-refractivity contribution >= 4 is 23.4 Å². The van der Waals surface area contributed by atoms with Crippen molar-refractivity contribution in [3.05, 3.63) is 34.9 Å². The Morgan fingerprint density at radius 2 is 2.33 bits per heavy atom. The summed E-state index contributed by atoms with van der Waals surface area (Å²) in [6.45, 7) is 2.83. The summed E-state index contributed by atoms with van der Waals surface area (Å²) in [5.41, 5.74) is 0.751. The normalized spacial score (nSPS) is 19.6. The van der Waals surface area contributed by atoms with E-state index in [9.17, 15) is 9.59 Å². The third kappa shape index (κ3) is 2.48. The van der Waals surface area contributed by atoms with Crippen molar-refractivity contribution < 1.29 is 9.59 Å². The van der Waals surface area contributed by atoms with E-state index in [2.05, 4.69) is 5.32 Å². The van der Waals surface area contributed by atoms with Gasteiger partial charge in [0.15, 0.2) is 0 Å². The van der Waals surface area contributed by atoms with E-state index in [1.54, 1.807) is 30.0 Å². The first-order valence-electron chi connectivity index (χ1n) is 5.96. The van der Waals surface area contributed by atoms with Crippen molar-refractivity contribution in [3.8, 4) is 0 Å². The minimum absolute atomic E-state index is 0.0187. The molecule has 2 rings (SSSR count). The average molecular weight is 267 g/mol. The topological polar surface area (TPSA) is 49.4 Å². The maximum absolute atomic E-state index is 12.0. The van der Waals surface area contributed by atoms with Crippen LogP contribution in [0.5, 0.6) is 0 Å². The largest absolute Gasteiger partial charge is 0.352 e. The second-order valence-corrected chi connectivity index (χ2v) is 4.63. The van der Waals surface area contributed by atoms with E-state index in [0.29, 0.717) is 24.5 Å². The molecule has 96 valence electrons. The molecule has 1 aromatic carbocycles. The molecule has 1 heterocycles. The molecule has 0 bridgehead atoms. The predicted octanol–water partition coefficient (Wildman–Crippen LogP) is 1.75. The van der Waals surface area contributed by atoms with Crippen molar-refractivity contribution in [2.75, 3.05) is 13.1 Å². The van der Waals surface area contributed by atoms with Crippen LogP contribution in [0.4, 0.5) is 0 Å². The average Bonchev–Trinajstić information content (AvgIpc) is 2.37. The maximum atomic E-state index is 12.0. The van der Waals surface area contributed by atoms with Gasteiger partial charge < -0.3 is 10.2 Å². The zero-order valence-electron chi connectivity index (χ0n) is 10.1. The molecule has 4 nitrogen and oxygen atoms in total. The van der Waals surface area contributed by atoms with Crippen LogP contribution in [0, 0.1) is 0 Å². The minimum atomic E-state index is -0.565. The first-order valence-corrected chi connectivity index (χ1v) is 6.34. The van der Waals surface area contributed by atoms with Crippen LogP contribution in [0.25, 0.3) is 0 Å². The van der Waals surface area contributed by atoms with Gasteiger partial charge in [-0.1, -0.05) is 30.7 Å². The Bertz CT molecular complexity index is 476. The van der Waals surface area contributed by atoms with Crippen molar-refractivity contribution in [1.29, 1.82) is 0 Å². The van der Waals surface area contributed by atoms with Gasteiger partial charge in [-0.15, -0.1) is 0 Å². The number of rotatable bonds is 2. The molecular weight excluding hydrogens is 252 g/mol. The molecule has 1 aliphatic heterocycles. The number of halogens is 1. The number of piperazine rings is 1. The number of nitrogens with one attached hydrogen (secondary N) is 1. The van der Waals surface area contributed by atoms with Gasteiger partial charge in [-0.2, -0.15) is 0 Å². The van der Waals surface area contributed by atoms with Crippen molar-refractivity contribution in [2.45, 2.75) is 19.4 Å². The molecule has 1 fully saturated rings. The van der Waals surface area contributed by atoms with Crippen molar-refractivity contribution in [3.63, 3.8) is 0 Å². The zero-order chi connectivity index (χ0) is 13.1. The summed E-state index contributed by atoms with van der Waals surface area (Å²) in [4.78, 5) is 25.5. The summed E-state index contributed by atoms with van der Waals surface area (Å²) in [5.74, 6) is -0.167. The summed E-state index contributed by atoms with van der Waals surface area (Å²) in [7, 11) is 0. The first-order chi connectivity index (χ1) is 8.63. The number of nitrogens with zero attached hydrogens (tertiary/aromatic N) is 1. The highest BCUT2D eigenvalue weighted by atomic mass is 35.5. The third-order valence-corrected chi connectivity index (χ3v) is 3.23. The van der Waals surface area contributed by atoms with Crippen LogP contribution in [0.2, 0.25) is 5.02 Å². The van der Waals surface area contributed by atoms with Crippen LogP contribution in [0.15, 0.2) is 24.3 Å². The lowest BCUT2D eigenvalue weighted by Gasteiger charge is -2.35. The van der Waals surface area contributed by atoms with Crippen LogP contribution < -0.4 is 5.32 Å². The predicted molar refractivity (Wildman–Crippen MR) is 69.2 cm³/mol. The molecule has 18 heavy (non-hydrogen) atoms. The van der Waals surface area contributed by atoms with Crippen LogP contribution in [-0.4, -0.2) is 29.8 Å². The van der Waals surface area contributed by atoms with E-state index in [0.717, 1.165) is 5.56 Å². The smallest absolute Gasteiger partial charge is 0.247 e. The summed E-state index contributed by atoms with van der Waals surface area (Å²) in [5, 5.41) is 3.35. The van der Waals surface area contributed by atoms with Crippen LogP contribution in [-0.2, 0) is 9.59 Å². The number of amides is 2. The Balaban J connectivity index is 2.36. The molecule has 0 spiro atoms. The second-order valence-electron chi connectivity index (χ2n) is 4.19. The van der Waals surface area contributed by atoms with Crippen LogP contribution >= 0.6 is 11.6 Å². The van der Waals surface area contributed by atoms with Crippen LogP contribution in [0.3, 0.4) is 0 Å². The lowest BCUT2D eigenvalue weighted by molar-refractivity contribution is -0.143. The maximum Gasteiger partial charge on any atom is 0.247 e. The van der Waals surface area contributed by atoms with Gasteiger partial charge in [0.1, 0.15) is 6.04 Å². The number of carbonyl (C=O) groups is 2. The third-order valence-electron chi connectivity index (χ3n) is 3.00. The fourth-order valence-electron chi connectivity index (χ4n) is 2.15. The monoisotopic (exact) mass is 266 g/mol. The molecule has 1 N–H and O–H groups in total. The molecular formula is C13H15ClN2O2. The standard InChI is InChI=1S/C13H15ClN2O2/c1-2-11(17)16-7-6-15-13(18)12(16)9-4-3-5-10(14)8-9/h3-5,8,12H,2,6-7H2,1H3,(H,15,18). The van der Waals surface area contributed by atoms with E-state index >= 15 is 0 Å². The second kappa shape index (κ2) is 5.40. The fraction of sp³-hybridized carbons (Fsp3) is 0.385. The quantitative estimate of drug-likeness (QED) is 0.887. The van der Waals surface area contributed by atoms with E-state index in [1.165, 1.54) is 0 Å². The van der Waals surface area contributed by atoms with Gasteiger partial charge in [0.2, 0.25) is 11.8 Å². The Labute approximate surface area is 111 Å². The van der Waals surface area contributed by atoms with Crippen molar-refractivity contribution in [1.82, 2.24) is 10.2 Å². The molecule has 1 saturated heterocycles. The number of carbonyl (C=O) groups excluding carboxylic acids is 2. The molecule has 0 saturated carbocycles. The minimum Gasteiger partial charge on any atom is -0.352 e. The van der Waals surface area contributed by atoms with E-state index in [1.807, 2.05) is 6.07 Å². The van der Waals surface area contributed by atoms with Gasteiger partial charge in [-0.3, -0.25) is 9.59 Å². The molecule has 0 aromatic heterocycles. The molecule has 1 aromatic rings. The van der Waals surface area contributed by atoms with Gasteiger partial charge in [0.25, 0.3) is 0 Å². The Hall–Kier alpha value is -1.55. The molecule has 5 heteroatoms. The molecule has 1 atom stereocenters. The Morgan fingerprint density at radius 1 is 1.56 bits per heavy atom. The number of hydrogen-bond acceptors (Lipinski definition) is 2. The molecule has 0 aliphatic carbocycles. The highest BCUT2D eigenvalue weighted by Gasteiger charge is 2.33. The van der Waals surface area contributed by atoms with Crippen molar-refractivity contribution in [2.24, 2.45) is 0 Å². The lowest BCUT2D eigenvalue weighted by atomic mass is 10.0. The van der Waals surface area contributed by atoms with Crippen LogP contribution in [0.1, 0.15) is 24.9 Å². The highest BCUT2D eigenvalue weighted by molar-refractivity contribution is 6.30. The molecule has 1 aliphatic rings. The molecule has 2 amide bonds. The van der Waals surface area contributed by atoms with Gasteiger partial charge in [-0.05, 0) is 17.7 Å². The van der Waals surface area contributed by atoms with E-state index < -0.39 is 6.04 Å². The summed E-state index contributed by atoms with van der Waals surface area (Å²) in [6.07, 6.45) is 0.393. The summed E-state index contributed by atoms with van der Waals surface area (Å²) >= 11 is 5.94. The van der Waals surface area contributed by atoms with E-state index in [-0.39, 0.29) is 11.8 Å². The fourth-order valence-corrected chi connectivity index (χ4v) is 2.35. The molecule has 0 radical (unpaired) electrons. The lowest BCUT2D eigenvalue weighted by Crippen LogP contribution is -2.52. The zero-order valence-corrected chi connectivity index (χ0v) is 10.9. The number of benzene rings is 1. The highest BCUT2D eigenvalue weighted by Crippen LogP contribution is 2.26. The van der Waals surface area contributed by atoms with Gasteiger partial charge in [0, 0.05) is 24.5 Å². The summed E-state index contributed by atoms with van der Waals surface area (Å²) < 4.78 is 0. The van der Waals surface area contributed by atoms with Gasteiger partial charge in [0.05, 0.1) is 0 Å². The SMILES string of the molecule is CCC(=O)N1CCNC(=O)C1c1cccc(Cl)c1.